The van der Waals surface area contributed by atoms with Gasteiger partial charge in [-0.15, -0.1) is 0 Å². The first-order valence-electron chi connectivity index (χ1n) is 3.45. The van der Waals surface area contributed by atoms with E-state index in [2.05, 4.69) is 15.9 Å². The van der Waals surface area contributed by atoms with Gasteiger partial charge in [0.2, 0.25) is 0 Å². The van der Waals surface area contributed by atoms with Crippen LogP contribution in [-0.4, -0.2) is 29.1 Å². The highest BCUT2D eigenvalue weighted by Crippen LogP contribution is 2.31. The van der Waals surface area contributed by atoms with Gasteiger partial charge in [-0.3, -0.25) is 0 Å². The Morgan fingerprint density at radius 1 is 1.45 bits per heavy atom. The normalized spacial score (nSPS) is 27.8. The zero-order valence-electron chi connectivity index (χ0n) is 5.86. The van der Waals surface area contributed by atoms with Crippen LogP contribution in [0.2, 0.25) is 0 Å². The Morgan fingerprint density at radius 2 is 2.09 bits per heavy atom. The number of hydrogen-bond acceptors (Lipinski definition) is 1. The zero-order valence-corrected chi connectivity index (χ0v) is 7.45. The molecular formula is C6H9BrF3N. The van der Waals surface area contributed by atoms with Crippen LogP contribution in [0.5, 0.6) is 0 Å². The Labute approximate surface area is 71.7 Å². The van der Waals surface area contributed by atoms with Gasteiger partial charge in [0.1, 0.15) is 0 Å². The second-order valence-electron chi connectivity index (χ2n) is 2.61. The van der Waals surface area contributed by atoms with Gasteiger partial charge in [0.15, 0.2) is 0 Å². The van der Waals surface area contributed by atoms with E-state index >= 15 is 0 Å². The fourth-order valence-electron chi connectivity index (χ4n) is 1.33. The van der Waals surface area contributed by atoms with Gasteiger partial charge in [-0.25, -0.2) is 4.90 Å². The van der Waals surface area contributed by atoms with Crippen molar-refractivity contribution in [1.82, 2.24) is 4.90 Å². The second-order valence-corrected chi connectivity index (χ2v) is 3.26. The molecular weight excluding hydrogens is 223 g/mol. The summed E-state index contributed by atoms with van der Waals surface area (Å²) in [6.45, 7) is 0.153. The van der Waals surface area contributed by atoms with Crippen LogP contribution in [0.25, 0.3) is 0 Å². The van der Waals surface area contributed by atoms with Crippen LogP contribution in [-0.2, 0) is 0 Å². The van der Waals surface area contributed by atoms with E-state index in [1.807, 2.05) is 0 Å². The topological polar surface area (TPSA) is 3.24 Å². The minimum atomic E-state index is -4.14. The third-order valence-electron chi connectivity index (χ3n) is 1.88. The first-order valence-corrected chi connectivity index (χ1v) is 4.57. The zero-order chi connectivity index (χ0) is 8.48. The van der Waals surface area contributed by atoms with Crippen LogP contribution < -0.4 is 0 Å². The Hall–Kier alpha value is 0.230. The molecule has 0 amide bonds. The summed E-state index contributed by atoms with van der Waals surface area (Å²) >= 11 is 3.07. The van der Waals surface area contributed by atoms with Gasteiger partial charge in [0, 0.05) is 17.9 Å². The maximum absolute atomic E-state index is 12.1. The molecule has 1 atom stereocenters. The molecule has 11 heavy (non-hydrogen) atoms. The average Bonchev–Trinajstić information content (AvgIpc) is 2.31. The lowest BCUT2D eigenvalue weighted by Crippen LogP contribution is -2.42. The lowest BCUT2D eigenvalue weighted by atomic mass is 10.2. The summed E-state index contributed by atoms with van der Waals surface area (Å²) < 4.78 is 36.3. The smallest absolute Gasteiger partial charge is 0.211 e. The number of halogens is 4. The van der Waals surface area contributed by atoms with Gasteiger partial charge in [0.25, 0.3) is 0 Å². The van der Waals surface area contributed by atoms with Gasteiger partial charge in [-0.2, -0.15) is 13.2 Å². The quantitative estimate of drug-likeness (QED) is 0.495. The summed E-state index contributed by atoms with van der Waals surface area (Å²) in [5.41, 5.74) is 0. The van der Waals surface area contributed by atoms with Crippen molar-refractivity contribution in [2.45, 2.75) is 25.2 Å². The fourth-order valence-corrected chi connectivity index (χ4v) is 2.00. The number of hydrogen-bond donors (Lipinski definition) is 0. The Bertz CT molecular complexity index is 136. The lowest BCUT2D eigenvalue weighted by molar-refractivity contribution is -0.247. The molecule has 1 unspecified atom stereocenters. The van der Waals surface area contributed by atoms with Gasteiger partial charge < -0.3 is 0 Å². The molecule has 66 valence electrons. The Morgan fingerprint density at radius 3 is 2.45 bits per heavy atom. The molecule has 1 aliphatic heterocycles. The van der Waals surface area contributed by atoms with Crippen molar-refractivity contribution in [3.63, 3.8) is 0 Å². The standard InChI is InChI=1S/C6H9BrF3N/c7-4-5-2-1-3-11(5)6(8,9)10/h5H,1-4H2. The van der Waals surface area contributed by atoms with E-state index in [9.17, 15) is 13.2 Å². The molecule has 0 aromatic carbocycles. The molecule has 0 radical (unpaired) electrons. The van der Waals surface area contributed by atoms with Crippen molar-refractivity contribution in [3.8, 4) is 0 Å². The molecule has 0 aromatic heterocycles. The molecule has 1 aliphatic rings. The van der Waals surface area contributed by atoms with E-state index in [0.29, 0.717) is 23.1 Å². The highest BCUT2D eigenvalue weighted by atomic mass is 79.9. The van der Waals surface area contributed by atoms with Crippen LogP contribution in [0.15, 0.2) is 0 Å². The predicted molar refractivity (Wildman–Crippen MR) is 39.6 cm³/mol. The third-order valence-corrected chi connectivity index (χ3v) is 2.63. The molecule has 5 heteroatoms. The first-order chi connectivity index (χ1) is 5.05. The number of rotatable bonds is 1. The molecule has 0 spiro atoms. The van der Waals surface area contributed by atoms with E-state index in [0.717, 1.165) is 0 Å². The number of likely N-dealkylation sites (tertiary alicyclic amines) is 1. The fraction of sp³-hybridized carbons (Fsp3) is 1.00. The van der Waals surface area contributed by atoms with Gasteiger partial charge in [0.05, 0.1) is 0 Å². The van der Waals surface area contributed by atoms with Crippen molar-refractivity contribution in [3.05, 3.63) is 0 Å². The van der Waals surface area contributed by atoms with E-state index in [1.54, 1.807) is 0 Å². The predicted octanol–water partition coefficient (Wildman–Crippen LogP) is 2.37. The maximum atomic E-state index is 12.1. The van der Waals surface area contributed by atoms with Crippen LogP contribution >= 0.6 is 15.9 Å². The summed E-state index contributed by atoms with van der Waals surface area (Å²) in [5.74, 6) is 0. The van der Waals surface area contributed by atoms with Crippen molar-refractivity contribution >= 4 is 15.9 Å². The van der Waals surface area contributed by atoms with Crippen molar-refractivity contribution in [1.29, 1.82) is 0 Å². The highest BCUT2D eigenvalue weighted by molar-refractivity contribution is 9.09. The molecule has 1 nitrogen and oxygen atoms in total. The lowest BCUT2D eigenvalue weighted by Gasteiger charge is -2.24. The summed E-state index contributed by atoms with van der Waals surface area (Å²) in [6, 6.07) is -0.352. The number of nitrogens with zero attached hydrogens (tertiary/aromatic N) is 1. The van der Waals surface area contributed by atoms with Crippen LogP contribution in [0, 0.1) is 0 Å². The maximum Gasteiger partial charge on any atom is 0.460 e. The SMILES string of the molecule is FC(F)(F)N1CCCC1CBr. The molecule has 0 N–H and O–H groups in total. The van der Waals surface area contributed by atoms with Gasteiger partial charge >= 0.3 is 6.30 Å². The van der Waals surface area contributed by atoms with E-state index in [1.165, 1.54) is 0 Å². The largest absolute Gasteiger partial charge is 0.460 e. The minimum Gasteiger partial charge on any atom is -0.211 e. The van der Waals surface area contributed by atoms with Crippen molar-refractivity contribution < 1.29 is 13.2 Å². The average molecular weight is 232 g/mol. The first kappa shape index (κ1) is 9.32. The summed E-state index contributed by atoms with van der Waals surface area (Å²) in [7, 11) is 0. The molecule has 0 aromatic rings. The molecule has 1 saturated heterocycles. The van der Waals surface area contributed by atoms with Gasteiger partial charge in [-0.05, 0) is 12.8 Å². The molecule has 1 fully saturated rings. The highest BCUT2D eigenvalue weighted by Gasteiger charge is 2.43. The van der Waals surface area contributed by atoms with Gasteiger partial charge in [-0.1, -0.05) is 15.9 Å². The molecule has 1 rings (SSSR count). The van der Waals surface area contributed by atoms with Crippen LogP contribution in [0.1, 0.15) is 12.8 Å². The summed E-state index contributed by atoms with van der Waals surface area (Å²) in [6.07, 6.45) is -2.85. The molecule has 1 heterocycles. The molecule has 0 aliphatic carbocycles. The monoisotopic (exact) mass is 231 g/mol. The minimum absolute atomic E-state index is 0.153. The summed E-state index contributed by atoms with van der Waals surface area (Å²) in [5, 5.41) is 0.409. The molecule has 0 saturated carbocycles. The Balaban J connectivity index is 2.57. The van der Waals surface area contributed by atoms with E-state index in [4.69, 9.17) is 0 Å². The van der Waals surface area contributed by atoms with E-state index < -0.39 is 6.30 Å². The van der Waals surface area contributed by atoms with Crippen molar-refractivity contribution in [2.24, 2.45) is 0 Å². The molecule has 0 bridgehead atoms. The van der Waals surface area contributed by atoms with Crippen LogP contribution in [0.4, 0.5) is 13.2 Å². The third kappa shape index (κ3) is 2.08. The second kappa shape index (κ2) is 3.31. The van der Waals surface area contributed by atoms with Crippen LogP contribution in [0.3, 0.4) is 0 Å². The van der Waals surface area contributed by atoms with E-state index in [-0.39, 0.29) is 12.6 Å². The summed E-state index contributed by atoms with van der Waals surface area (Å²) in [4.78, 5) is 0.599. The number of alkyl halides is 4. The van der Waals surface area contributed by atoms with Crippen molar-refractivity contribution in [2.75, 3.05) is 11.9 Å². The Kier molecular flexibility index (Phi) is 2.80.